The molecule has 12 aromatic rings. The molecule has 0 unspecified atom stereocenters. The van der Waals surface area contributed by atoms with Crippen LogP contribution in [0.2, 0.25) is 0 Å². The molecule has 0 bridgehead atoms. The fourth-order valence-electron chi connectivity index (χ4n) is 9.80. The zero-order valence-corrected chi connectivity index (χ0v) is 41.1. The third kappa shape index (κ3) is 9.05. The number of aromatic amines is 1. The first-order valence-corrected chi connectivity index (χ1v) is 23.6. The Balaban J connectivity index is 0.000000152. The lowest BCUT2D eigenvalue weighted by Gasteiger charge is -2.28. The standard InChI is InChI=1S/C26H10F3N3O.C18H11NO.C8F4N2.C8H19N.CH4/c1-31-24-16(12-30)25(23(29)21(27)22(24)28)32-17-8-4-2-7-15(17)20-18(32)11-10-14-13-6-3-5-9-19(13)33-26(14)20;1-3-7-14-13(6-1)17-15(19-14)10-9-12-11-5-2-4-8-16(11)20-18(12)17;1-14-8-3(2-13)4(9)5(10)6(11)7(8)12;1-6-9(7(2)3)8(4)5;/h2-11H;1-10,19H;;7-8H,6H2,1-5H3;1H4. The Bertz CT molecular complexity index is 4410. The quantitative estimate of drug-likeness (QED) is 0.0818. The van der Waals surface area contributed by atoms with Gasteiger partial charge in [0, 0.05) is 49.9 Å². The monoisotopic (exact) mass is 1040 g/mol. The van der Waals surface area contributed by atoms with Crippen LogP contribution in [0.15, 0.2) is 130 Å². The van der Waals surface area contributed by atoms with Crippen LogP contribution in [0.4, 0.5) is 42.1 Å². The van der Waals surface area contributed by atoms with Crippen molar-refractivity contribution in [3.63, 3.8) is 0 Å². The Morgan fingerprint density at radius 2 is 0.987 bits per heavy atom. The van der Waals surface area contributed by atoms with Crippen LogP contribution in [0, 0.1) is 76.5 Å². The molecule has 0 atom stereocenters. The zero-order chi connectivity index (χ0) is 54.3. The van der Waals surface area contributed by atoms with Gasteiger partial charge in [0.25, 0.3) is 0 Å². The maximum atomic E-state index is 15.2. The molecule has 8 aromatic carbocycles. The van der Waals surface area contributed by atoms with Crippen molar-refractivity contribution in [3.8, 4) is 17.8 Å². The number of nitrogens with zero attached hydrogens (tertiary/aromatic N) is 6. The molecule has 0 fully saturated rings. The van der Waals surface area contributed by atoms with Gasteiger partial charge in [-0.05, 0) is 82.8 Å². The number of hydrogen-bond donors (Lipinski definition) is 1. The summed E-state index contributed by atoms with van der Waals surface area (Å²) in [7, 11) is 0. The van der Waals surface area contributed by atoms with E-state index in [1.807, 2.05) is 42.5 Å². The van der Waals surface area contributed by atoms with Crippen LogP contribution in [0.25, 0.3) is 103 Å². The number of benzene rings is 8. The molecule has 0 amide bonds. The van der Waals surface area contributed by atoms with Gasteiger partial charge in [-0.3, -0.25) is 4.90 Å². The van der Waals surface area contributed by atoms with Crippen LogP contribution >= 0.6 is 0 Å². The number of aromatic nitrogens is 2. The molecule has 1 N–H and O–H groups in total. The van der Waals surface area contributed by atoms with Gasteiger partial charge in [-0.1, -0.05) is 87.1 Å². The molecule has 0 radical (unpaired) electrons. The van der Waals surface area contributed by atoms with Gasteiger partial charge in [0.15, 0.2) is 40.7 Å². The van der Waals surface area contributed by atoms with Crippen LogP contribution in [-0.4, -0.2) is 33.1 Å². The summed E-state index contributed by atoms with van der Waals surface area (Å²) in [5, 5.41) is 25.8. The SMILES string of the molecule is C.CCN(C(C)C)C(C)C.[C-]#[N+]c1c(F)c(F)c(F)c(-n2c3ccccc3c3c4oc5ccccc5c4ccc32)c1C#N.[C-]#[N+]c1c(F)c(F)c(F)c(F)c1C#N.c1ccc2c(c1)[nH]c1ccc3c4ccccc4oc3c12. The van der Waals surface area contributed by atoms with Crippen LogP contribution in [-0.2, 0) is 0 Å². The molecule has 0 spiro atoms. The molecule has 0 aliphatic carbocycles. The van der Waals surface area contributed by atoms with E-state index in [4.69, 9.17) is 27.2 Å². The fraction of sp³-hybridized carbons (Fsp3) is 0.148. The Kier molecular flexibility index (Phi) is 15.1. The minimum absolute atomic E-state index is 0. The highest BCUT2D eigenvalue weighted by molar-refractivity contribution is 6.24. The van der Waals surface area contributed by atoms with E-state index in [0.29, 0.717) is 45.1 Å². The van der Waals surface area contributed by atoms with Gasteiger partial charge in [0.05, 0.1) is 63.9 Å². The molecule has 0 aliphatic rings. The van der Waals surface area contributed by atoms with Gasteiger partial charge in [0.2, 0.25) is 11.4 Å². The fourth-order valence-corrected chi connectivity index (χ4v) is 9.80. The van der Waals surface area contributed by atoms with Gasteiger partial charge >= 0.3 is 0 Å². The summed E-state index contributed by atoms with van der Waals surface area (Å²) in [6.45, 7) is 25.9. The lowest BCUT2D eigenvalue weighted by atomic mass is 10.1. The molecule has 16 heteroatoms. The van der Waals surface area contributed by atoms with Crippen molar-refractivity contribution < 1.29 is 39.6 Å². The van der Waals surface area contributed by atoms with Gasteiger partial charge in [-0.15, -0.1) is 0 Å². The number of hydrogen-bond acceptors (Lipinski definition) is 5. The van der Waals surface area contributed by atoms with Crippen molar-refractivity contribution in [1.29, 1.82) is 10.5 Å². The van der Waals surface area contributed by atoms with Crippen molar-refractivity contribution >= 4 is 98.9 Å². The smallest absolute Gasteiger partial charge is 0.245 e. The first-order chi connectivity index (χ1) is 36.6. The van der Waals surface area contributed by atoms with Gasteiger partial charge in [-0.2, -0.15) is 10.5 Å². The summed E-state index contributed by atoms with van der Waals surface area (Å²) in [5.74, 6) is -12.9. The van der Waals surface area contributed by atoms with Crippen molar-refractivity contribution in [2.24, 2.45) is 0 Å². The lowest BCUT2D eigenvalue weighted by Crippen LogP contribution is -2.36. The van der Waals surface area contributed by atoms with E-state index in [9.17, 15) is 31.6 Å². The molecular weight excluding hydrogens is 996 g/mol. The molecule has 0 saturated carbocycles. The molecule has 4 heterocycles. The average molecular weight is 1040 g/mol. The second-order valence-electron chi connectivity index (χ2n) is 17.9. The third-order valence-corrected chi connectivity index (χ3v) is 13.1. The highest BCUT2D eigenvalue weighted by Gasteiger charge is 2.30. The van der Waals surface area contributed by atoms with Crippen LogP contribution in [0.3, 0.4) is 0 Å². The summed E-state index contributed by atoms with van der Waals surface area (Å²) in [4.78, 5) is 11.3. The van der Waals surface area contributed by atoms with Crippen LogP contribution in [0.1, 0.15) is 53.2 Å². The van der Waals surface area contributed by atoms with Gasteiger partial charge in [-0.25, -0.2) is 40.4 Å². The normalized spacial score (nSPS) is 11.1. The van der Waals surface area contributed by atoms with E-state index in [1.54, 1.807) is 42.5 Å². The Hall–Kier alpha value is -9.61. The van der Waals surface area contributed by atoms with Crippen molar-refractivity contribution in [2.45, 2.75) is 54.1 Å². The highest BCUT2D eigenvalue weighted by Crippen LogP contribution is 2.44. The largest absolute Gasteiger partial charge is 0.455 e. The molecular formula is C61H44F7N7O2. The molecule has 0 saturated heterocycles. The number of H-pyrrole nitrogens is 1. The van der Waals surface area contributed by atoms with Crippen molar-refractivity contribution in [1.82, 2.24) is 14.5 Å². The number of halogens is 7. The number of nitrogens with one attached hydrogen (secondary N) is 1. The highest BCUT2D eigenvalue weighted by atomic mass is 19.2. The predicted molar refractivity (Wildman–Crippen MR) is 289 cm³/mol. The number of para-hydroxylation sites is 4. The zero-order valence-electron chi connectivity index (χ0n) is 41.1. The first kappa shape index (κ1) is 53.7. The van der Waals surface area contributed by atoms with Crippen LogP contribution in [0.5, 0.6) is 0 Å². The Morgan fingerprint density at radius 1 is 0.519 bits per heavy atom. The molecule has 0 aliphatic heterocycles. The number of fused-ring (bicyclic) bond motifs is 14. The predicted octanol–water partition coefficient (Wildman–Crippen LogP) is 18.2. The maximum Gasteiger partial charge on any atom is 0.245 e. The summed E-state index contributed by atoms with van der Waals surface area (Å²) in [6, 6.07) is 43.0. The Labute approximate surface area is 436 Å². The summed E-state index contributed by atoms with van der Waals surface area (Å²) < 4.78 is 108. The summed E-state index contributed by atoms with van der Waals surface area (Å²) in [6.07, 6.45) is 0. The average Bonchev–Trinajstić information content (AvgIpc) is 4.28. The van der Waals surface area contributed by atoms with Gasteiger partial charge < -0.3 is 18.4 Å². The second-order valence-corrected chi connectivity index (χ2v) is 17.9. The molecule has 77 heavy (non-hydrogen) atoms. The van der Waals surface area contributed by atoms with Gasteiger partial charge in [0.1, 0.15) is 27.9 Å². The third-order valence-electron chi connectivity index (χ3n) is 13.1. The molecule has 384 valence electrons. The lowest BCUT2D eigenvalue weighted by molar-refractivity contribution is 0.185. The van der Waals surface area contributed by atoms with E-state index >= 15 is 4.39 Å². The number of furan rings is 2. The topological polar surface area (TPSA) is 107 Å². The molecule has 9 nitrogen and oxygen atoms in total. The minimum Gasteiger partial charge on any atom is -0.455 e. The summed E-state index contributed by atoms with van der Waals surface area (Å²) >= 11 is 0. The van der Waals surface area contributed by atoms with Crippen molar-refractivity contribution in [3.05, 3.63) is 196 Å². The maximum absolute atomic E-state index is 15.2. The second kappa shape index (κ2) is 21.7. The van der Waals surface area contributed by atoms with E-state index in [2.05, 4.69) is 96.7 Å². The minimum atomic E-state index is -2.09. The van der Waals surface area contributed by atoms with E-state index in [1.165, 1.54) is 26.1 Å². The molecule has 4 aromatic heterocycles. The number of rotatable bonds is 4. The summed E-state index contributed by atoms with van der Waals surface area (Å²) in [5.41, 5.74) is 2.08. The van der Waals surface area contributed by atoms with E-state index in [-0.39, 0.29) is 7.43 Å². The van der Waals surface area contributed by atoms with E-state index < -0.39 is 68.9 Å². The Morgan fingerprint density at radius 3 is 1.52 bits per heavy atom. The number of nitriles is 2. The van der Waals surface area contributed by atoms with Crippen LogP contribution < -0.4 is 0 Å². The molecule has 12 rings (SSSR count). The van der Waals surface area contributed by atoms with E-state index in [0.717, 1.165) is 45.6 Å². The van der Waals surface area contributed by atoms with Crippen molar-refractivity contribution in [2.75, 3.05) is 6.54 Å². The first-order valence-electron chi connectivity index (χ1n) is 23.6.